The molecular formula is C18H16N4O4S. The second kappa shape index (κ2) is 7.04. The molecular weight excluding hydrogens is 368 g/mol. The molecule has 1 aromatic heterocycles. The fraction of sp³-hybridized carbons (Fsp3) is 0.0556. The summed E-state index contributed by atoms with van der Waals surface area (Å²) in [4.78, 5) is 19.4. The SMILES string of the molecule is CS(=O)(=O)c1cc(C(=O)N=C(N)N)ccc1Oc1ccc2ncccc2c1. The van der Waals surface area contributed by atoms with Gasteiger partial charge in [-0.15, -0.1) is 0 Å². The number of hydrogen-bond acceptors (Lipinski definition) is 5. The van der Waals surface area contributed by atoms with Gasteiger partial charge in [0, 0.05) is 23.4 Å². The Bertz CT molecular complexity index is 1170. The summed E-state index contributed by atoms with van der Waals surface area (Å²) in [5.74, 6) is -0.639. The normalized spacial score (nSPS) is 11.1. The van der Waals surface area contributed by atoms with Crippen molar-refractivity contribution >= 4 is 32.6 Å². The van der Waals surface area contributed by atoms with Crippen LogP contribution in [0.3, 0.4) is 0 Å². The van der Waals surface area contributed by atoms with Crippen LogP contribution >= 0.6 is 0 Å². The first kappa shape index (κ1) is 18.3. The van der Waals surface area contributed by atoms with Crippen molar-refractivity contribution in [1.29, 1.82) is 0 Å². The van der Waals surface area contributed by atoms with E-state index in [1.807, 2.05) is 6.07 Å². The first-order valence-corrected chi connectivity index (χ1v) is 9.64. The van der Waals surface area contributed by atoms with Gasteiger partial charge in [-0.25, -0.2) is 8.42 Å². The van der Waals surface area contributed by atoms with E-state index >= 15 is 0 Å². The van der Waals surface area contributed by atoms with Crippen LogP contribution in [0.15, 0.2) is 64.6 Å². The lowest BCUT2D eigenvalue weighted by molar-refractivity contribution is 0.100. The maximum Gasteiger partial charge on any atom is 0.280 e. The Balaban J connectivity index is 2.03. The van der Waals surface area contributed by atoms with Gasteiger partial charge in [0.2, 0.25) is 0 Å². The van der Waals surface area contributed by atoms with Crippen LogP contribution in [0.1, 0.15) is 10.4 Å². The van der Waals surface area contributed by atoms with Crippen molar-refractivity contribution in [1.82, 2.24) is 4.98 Å². The van der Waals surface area contributed by atoms with Gasteiger partial charge in [-0.2, -0.15) is 4.99 Å². The summed E-state index contributed by atoms with van der Waals surface area (Å²) >= 11 is 0. The molecule has 0 bridgehead atoms. The maximum atomic E-state index is 12.2. The standard InChI is InChI=1S/C18H16N4O4S/c1-27(24,25)16-10-12(17(23)22-18(19)20)4-7-15(16)26-13-5-6-14-11(9-13)3-2-8-21-14/h2-10H,1H3,(H4,19,20,22,23). The third-order valence-electron chi connectivity index (χ3n) is 3.62. The molecule has 0 aliphatic carbocycles. The number of hydrogen-bond donors (Lipinski definition) is 2. The Labute approximate surface area is 155 Å². The van der Waals surface area contributed by atoms with E-state index in [-0.39, 0.29) is 16.2 Å². The number of guanidine groups is 1. The third kappa shape index (κ3) is 4.21. The predicted octanol–water partition coefficient (Wildman–Crippen LogP) is 1.84. The van der Waals surface area contributed by atoms with Crippen LogP contribution in [-0.2, 0) is 9.84 Å². The zero-order chi connectivity index (χ0) is 19.6. The molecule has 0 aliphatic rings. The number of nitrogens with two attached hydrogens (primary N) is 2. The summed E-state index contributed by atoms with van der Waals surface area (Å²) in [6, 6.07) is 12.8. The van der Waals surface area contributed by atoms with Crippen molar-refractivity contribution in [3.8, 4) is 11.5 Å². The van der Waals surface area contributed by atoms with Gasteiger partial charge in [-0.3, -0.25) is 9.78 Å². The first-order chi connectivity index (χ1) is 12.7. The van der Waals surface area contributed by atoms with Crippen molar-refractivity contribution in [2.75, 3.05) is 6.26 Å². The second-order valence-corrected chi connectivity index (χ2v) is 7.72. The molecule has 27 heavy (non-hydrogen) atoms. The molecule has 8 nitrogen and oxygen atoms in total. The van der Waals surface area contributed by atoms with Crippen molar-refractivity contribution in [2.45, 2.75) is 4.90 Å². The molecule has 1 amide bonds. The average molecular weight is 384 g/mol. The van der Waals surface area contributed by atoms with Gasteiger partial charge < -0.3 is 16.2 Å². The van der Waals surface area contributed by atoms with Crippen LogP contribution in [0, 0.1) is 0 Å². The number of aliphatic imine (C=N–C) groups is 1. The molecule has 1 heterocycles. The lowest BCUT2D eigenvalue weighted by atomic mass is 10.2. The van der Waals surface area contributed by atoms with Gasteiger partial charge in [0.05, 0.1) is 5.52 Å². The number of nitrogens with zero attached hydrogens (tertiary/aromatic N) is 2. The highest BCUT2D eigenvalue weighted by molar-refractivity contribution is 7.90. The number of fused-ring (bicyclic) bond motifs is 1. The number of sulfone groups is 1. The molecule has 0 saturated heterocycles. The van der Waals surface area contributed by atoms with Gasteiger partial charge in [-0.05, 0) is 42.5 Å². The summed E-state index contributed by atoms with van der Waals surface area (Å²) in [6.07, 6.45) is 2.70. The van der Waals surface area contributed by atoms with Crippen LogP contribution < -0.4 is 16.2 Å². The number of amides is 1. The smallest absolute Gasteiger partial charge is 0.280 e. The molecule has 0 saturated carbocycles. The van der Waals surface area contributed by atoms with Crippen LogP contribution in [0.25, 0.3) is 10.9 Å². The predicted molar refractivity (Wildman–Crippen MR) is 102 cm³/mol. The molecule has 0 unspecified atom stereocenters. The first-order valence-electron chi connectivity index (χ1n) is 7.75. The van der Waals surface area contributed by atoms with Gasteiger partial charge in [0.1, 0.15) is 16.4 Å². The molecule has 0 radical (unpaired) electrons. The number of pyridine rings is 1. The third-order valence-corrected chi connectivity index (χ3v) is 4.74. The van der Waals surface area contributed by atoms with Crippen molar-refractivity contribution in [3.63, 3.8) is 0 Å². The Morgan fingerprint density at radius 3 is 2.59 bits per heavy atom. The number of ether oxygens (including phenoxy) is 1. The van der Waals surface area contributed by atoms with Crippen LogP contribution in [0.2, 0.25) is 0 Å². The Morgan fingerprint density at radius 1 is 1.11 bits per heavy atom. The van der Waals surface area contributed by atoms with Crippen molar-refractivity contribution in [2.24, 2.45) is 16.5 Å². The van der Waals surface area contributed by atoms with E-state index in [9.17, 15) is 13.2 Å². The Morgan fingerprint density at radius 2 is 1.89 bits per heavy atom. The fourth-order valence-corrected chi connectivity index (χ4v) is 3.26. The summed E-state index contributed by atoms with van der Waals surface area (Å²) < 4.78 is 30.1. The molecule has 0 fully saturated rings. The molecule has 9 heteroatoms. The number of aromatic nitrogens is 1. The molecule has 0 aliphatic heterocycles. The van der Waals surface area contributed by atoms with E-state index < -0.39 is 21.7 Å². The molecule has 4 N–H and O–H groups in total. The minimum atomic E-state index is -3.68. The average Bonchev–Trinajstić information content (AvgIpc) is 2.60. The number of rotatable bonds is 4. The van der Waals surface area contributed by atoms with E-state index in [0.29, 0.717) is 5.75 Å². The second-order valence-electron chi connectivity index (χ2n) is 5.74. The highest BCUT2D eigenvalue weighted by Gasteiger charge is 2.19. The fourth-order valence-electron chi connectivity index (χ4n) is 2.44. The van der Waals surface area contributed by atoms with Crippen LogP contribution in [0.4, 0.5) is 0 Å². The molecule has 2 aromatic carbocycles. The maximum absolute atomic E-state index is 12.2. The summed E-state index contributed by atoms with van der Waals surface area (Å²) in [5.41, 5.74) is 11.2. The molecule has 3 aromatic rings. The molecule has 0 spiro atoms. The van der Waals surface area contributed by atoms with Crippen LogP contribution in [-0.4, -0.2) is 31.5 Å². The molecule has 0 atom stereocenters. The van der Waals surface area contributed by atoms with E-state index in [4.69, 9.17) is 16.2 Å². The van der Waals surface area contributed by atoms with Crippen molar-refractivity contribution in [3.05, 3.63) is 60.3 Å². The number of benzene rings is 2. The molecule has 3 rings (SSSR count). The van der Waals surface area contributed by atoms with E-state index in [1.165, 1.54) is 18.2 Å². The Kier molecular flexibility index (Phi) is 4.78. The zero-order valence-electron chi connectivity index (χ0n) is 14.3. The minimum absolute atomic E-state index is 0.0267. The minimum Gasteiger partial charge on any atom is -0.456 e. The lowest BCUT2D eigenvalue weighted by Gasteiger charge is -2.11. The number of carbonyl (C=O) groups is 1. The summed E-state index contributed by atoms with van der Waals surface area (Å²) in [6.45, 7) is 0. The highest BCUT2D eigenvalue weighted by atomic mass is 32.2. The number of carbonyl (C=O) groups excluding carboxylic acids is 1. The zero-order valence-corrected chi connectivity index (χ0v) is 15.1. The largest absolute Gasteiger partial charge is 0.456 e. The van der Waals surface area contributed by atoms with Gasteiger partial charge in [-0.1, -0.05) is 6.07 Å². The topological polar surface area (TPSA) is 138 Å². The lowest BCUT2D eigenvalue weighted by Crippen LogP contribution is -2.24. The Hall–Kier alpha value is -3.46. The summed E-state index contributed by atoms with van der Waals surface area (Å²) in [5, 5.41) is 0.843. The molecule has 138 valence electrons. The summed E-state index contributed by atoms with van der Waals surface area (Å²) in [7, 11) is -3.68. The van der Waals surface area contributed by atoms with E-state index in [2.05, 4.69) is 9.98 Å². The monoisotopic (exact) mass is 384 g/mol. The van der Waals surface area contributed by atoms with E-state index in [0.717, 1.165) is 17.2 Å². The van der Waals surface area contributed by atoms with Gasteiger partial charge in [0.25, 0.3) is 5.91 Å². The van der Waals surface area contributed by atoms with Crippen LogP contribution in [0.5, 0.6) is 11.5 Å². The highest BCUT2D eigenvalue weighted by Crippen LogP contribution is 2.31. The quantitative estimate of drug-likeness (QED) is 0.517. The van der Waals surface area contributed by atoms with Crippen molar-refractivity contribution < 1.29 is 17.9 Å². The van der Waals surface area contributed by atoms with Gasteiger partial charge >= 0.3 is 0 Å². The van der Waals surface area contributed by atoms with E-state index in [1.54, 1.807) is 30.5 Å². The van der Waals surface area contributed by atoms with Gasteiger partial charge in [0.15, 0.2) is 15.8 Å².